The maximum Gasteiger partial charge on any atom is 0.244 e. The minimum Gasteiger partial charge on any atom is -0.493 e. The zero-order chi connectivity index (χ0) is 17.4. The zero-order valence-corrected chi connectivity index (χ0v) is 14.7. The molecule has 2 heterocycles. The molecule has 7 nitrogen and oxygen atoms in total. The van der Waals surface area contributed by atoms with Crippen LogP contribution in [0.2, 0.25) is 0 Å². The van der Waals surface area contributed by atoms with Crippen LogP contribution in [-0.2, 0) is 26.0 Å². The van der Waals surface area contributed by atoms with Gasteiger partial charge in [-0.25, -0.2) is 8.42 Å². The van der Waals surface area contributed by atoms with Gasteiger partial charge in [0.1, 0.15) is 11.3 Å². The van der Waals surface area contributed by atoms with Crippen LogP contribution in [0.3, 0.4) is 0 Å². The predicted molar refractivity (Wildman–Crippen MR) is 87.4 cm³/mol. The van der Waals surface area contributed by atoms with Crippen molar-refractivity contribution < 1.29 is 22.7 Å². The van der Waals surface area contributed by atoms with Gasteiger partial charge in [-0.2, -0.15) is 4.31 Å². The molecule has 1 amide bonds. The van der Waals surface area contributed by atoms with Gasteiger partial charge < -0.3 is 14.8 Å². The number of nitrogens with zero attached hydrogens (tertiary/aromatic N) is 1. The predicted octanol–water partition coefficient (Wildman–Crippen LogP) is 0.537. The molecule has 2 aliphatic rings. The highest BCUT2D eigenvalue weighted by molar-refractivity contribution is 7.89. The lowest BCUT2D eigenvalue weighted by atomic mass is 9.97. The Bertz CT molecular complexity index is 749. The quantitative estimate of drug-likeness (QED) is 0.834. The van der Waals surface area contributed by atoms with Gasteiger partial charge in [-0.05, 0) is 36.6 Å². The minimum absolute atomic E-state index is 0.0277. The SMILES string of the molecule is CNC(=O)C1(COC)CCCN1S(=O)(=O)c1ccc2c(c1)CCO2. The molecule has 1 atom stereocenters. The zero-order valence-electron chi connectivity index (χ0n) is 13.9. The van der Waals surface area contributed by atoms with Crippen LogP contribution in [0.15, 0.2) is 23.1 Å². The van der Waals surface area contributed by atoms with Crippen molar-refractivity contribution in [1.82, 2.24) is 9.62 Å². The van der Waals surface area contributed by atoms with Gasteiger partial charge in [-0.3, -0.25) is 4.79 Å². The maximum absolute atomic E-state index is 13.2. The van der Waals surface area contributed by atoms with Gasteiger partial charge >= 0.3 is 0 Å². The molecule has 1 aromatic rings. The smallest absolute Gasteiger partial charge is 0.244 e. The normalized spacial score (nSPS) is 23.8. The Labute approximate surface area is 142 Å². The number of hydrogen-bond acceptors (Lipinski definition) is 5. The molecule has 0 spiro atoms. The van der Waals surface area contributed by atoms with Crippen LogP contribution in [0.25, 0.3) is 0 Å². The van der Waals surface area contributed by atoms with Crippen LogP contribution in [-0.4, -0.2) is 58.1 Å². The summed E-state index contributed by atoms with van der Waals surface area (Å²) in [7, 11) is -0.826. The van der Waals surface area contributed by atoms with E-state index in [0.717, 1.165) is 11.3 Å². The lowest BCUT2D eigenvalue weighted by Gasteiger charge is -2.35. The molecule has 1 aromatic carbocycles. The van der Waals surface area contributed by atoms with E-state index in [9.17, 15) is 13.2 Å². The molecule has 1 unspecified atom stereocenters. The Morgan fingerprint density at radius 2 is 2.25 bits per heavy atom. The molecular formula is C16H22N2O5S. The second-order valence-electron chi connectivity index (χ2n) is 6.09. The first-order chi connectivity index (χ1) is 11.5. The van der Waals surface area contributed by atoms with Crippen molar-refractivity contribution in [3.05, 3.63) is 23.8 Å². The Morgan fingerprint density at radius 1 is 1.46 bits per heavy atom. The van der Waals surface area contributed by atoms with E-state index in [2.05, 4.69) is 5.32 Å². The summed E-state index contributed by atoms with van der Waals surface area (Å²) in [6, 6.07) is 4.87. The maximum atomic E-state index is 13.2. The molecule has 0 aromatic heterocycles. The number of methoxy groups -OCH3 is 1. The number of nitrogens with one attached hydrogen (secondary N) is 1. The number of amides is 1. The number of carbonyl (C=O) groups is 1. The fraction of sp³-hybridized carbons (Fsp3) is 0.562. The van der Waals surface area contributed by atoms with E-state index in [-0.39, 0.29) is 17.4 Å². The van der Waals surface area contributed by atoms with Gasteiger partial charge in [0.15, 0.2) is 0 Å². The van der Waals surface area contributed by atoms with Crippen LogP contribution in [0.5, 0.6) is 5.75 Å². The summed E-state index contributed by atoms with van der Waals surface area (Å²) in [5.74, 6) is 0.389. The van der Waals surface area contributed by atoms with Crippen molar-refractivity contribution in [2.45, 2.75) is 29.7 Å². The third-order valence-corrected chi connectivity index (χ3v) is 6.67. The van der Waals surface area contributed by atoms with Gasteiger partial charge in [0.05, 0.1) is 18.1 Å². The summed E-state index contributed by atoms with van der Waals surface area (Å²) in [5, 5.41) is 2.58. The van der Waals surface area contributed by atoms with Gasteiger partial charge in [0.2, 0.25) is 15.9 Å². The Kier molecular flexibility index (Phi) is 4.54. The fourth-order valence-corrected chi connectivity index (χ4v) is 5.40. The van der Waals surface area contributed by atoms with Gasteiger partial charge in [-0.1, -0.05) is 0 Å². The van der Waals surface area contributed by atoms with Gasteiger partial charge in [-0.15, -0.1) is 0 Å². The first kappa shape index (κ1) is 17.2. The monoisotopic (exact) mass is 354 g/mol. The number of benzene rings is 1. The van der Waals surface area contributed by atoms with E-state index in [1.165, 1.54) is 18.5 Å². The molecular weight excluding hydrogens is 332 g/mol. The summed E-state index contributed by atoms with van der Waals surface area (Å²) < 4.78 is 38.3. The molecule has 0 saturated carbocycles. The lowest BCUT2D eigenvalue weighted by molar-refractivity contribution is -0.131. The van der Waals surface area contributed by atoms with Crippen molar-refractivity contribution >= 4 is 15.9 Å². The first-order valence-electron chi connectivity index (χ1n) is 7.95. The lowest BCUT2D eigenvalue weighted by Crippen LogP contribution is -2.59. The second-order valence-corrected chi connectivity index (χ2v) is 7.95. The summed E-state index contributed by atoms with van der Waals surface area (Å²) >= 11 is 0. The number of hydrogen-bond donors (Lipinski definition) is 1. The first-order valence-corrected chi connectivity index (χ1v) is 9.39. The number of carbonyl (C=O) groups excluding carboxylic acids is 1. The molecule has 8 heteroatoms. The molecule has 2 aliphatic heterocycles. The largest absolute Gasteiger partial charge is 0.493 e. The summed E-state index contributed by atoms with van der Waals surface area (Å²) in [5.41, 5.74) is -0.315. The number of likely N-dealkylation sites (N-methyl/N-ethyl adjacent to an activating group) is 1. The number of fused-ring (bicyclic) bond motifs is 1. The summed E-state index contributed by atoms with van der Waals surface area (Å²) in [6.45, 7) is 0.890. The number of ether oxygens (including phenoxy) is 2. The van der Waals surface area contributed by atoms with Crippen LogP contribution >= 0.6 is 0 Å². The Morgan fingerprint density at radius 3 is 2.96 bits per heavy atom. The van der Waals surface area contributed by atoms with E-state index in [4.69, 9.17) is 9.47 Å². The van der Waals surface area contributed by atoms with E-state index < -0.39 is 15.6 Å². The molecule has 1 fully saturated rings. The molecule has 132 valence electrons. The molecule has 1 saturated heterocycles. The third-order valence-electron chi connectivity index (χ3n) is 4.71. The topological polar surface area (TPSA) is 84.9 Å². The molecule has 0 bridgehead atoms. The van der Waals surface area contributed by atoms with Crippen molar-refractivity contribution in [2.75, 3.05) is 33.9 Å². The Balaban J connectivity index is 2.03. The summed E-state index contributed by atoms with van der Waals surface area (Å²) in [6.07, 6.45) is 1.75. The Hall–Kier alpha value is -1.64. The second kappa shape index (κ2) is 6.34. The highest BCUT2D eigenvalue weighted by atomic mass is 32.2. The average Bonchev–Trinajstić information content (AvgIpc) is 3.21. The summed E-state index contributed by atoms with van der Waals surface area (Å²) in [4.78, 5) is 12.7. The van der Waals surface area contributed by atoms with Crippen LogP contribution in [0.4, 0.5) is 0 Å². The fourth-order valence-electron chi connectivity index (χ4n) is 3.56. The van der Waals surface area contributed by atoms with Crippen molar-refractivity contribution in [3.63, 3.8) is 0 Å². The standard InChI is InChI=1S/C16H22N2O5S/c1-17-15(19)16(11-22-2)7-3-8-18(16)24(20,21)13-4-5-14-12(10-13)6-9-23-14/h4-5,10H,3,6-9,11H2,1-2H3,(H,17,19). The van der Waals surface area contributed by atoms with Crippen LogP contribution in [0.1, 0.15) is 18.4 Å². The van der Waals surface area contributed by atoms with Crippen molar-refractivity contribution in [2.24, 2.45) is 0 Å². The average molecular weight is 354 g/mol. The minimum atomic E-state index is -3.81. The highest BCUT2D eigenvalue weighted by Crippen LogP contribution is 2.37. The number of sulfonamides is 1. The van der Waals surface area contributed by atoms with Gasteiger partial charge in [0.25, 0.3) is 0 Å². The van der Waals surface area contributed by atoms with Crippen LogP contribution < -0.4 is 10.1 Å². The van der Waals surface area contributed by atoms with Crippen molar-refractivity contribution in [3.8, 4) is 5.75 Å². The van der Waals surface area contributed by atoms with Gasteiger partial charge in [0, 0.05) is 27.1 Å². The highest BCUT2D eigenvalue weighted by Gasteiger charge is 2.52. The number of rotatable bonds is 5. The van der Waals surface area contributed by atoms with E-state index in [0.29, 0.717) is 32.4 Å². The van der Waals surface area contributed by atoms with Crippen molar-refractivity contribution in [1.29, 1.82) is 0 Å². The molecule has 0 aliphatic carbocycles. The van der Waals surface area contributed by atoms with E-state index in [1.54, 1.807) is 18.2 Å². The van der Waals surface area contributed by atoms with E-state index >= 15 is 0 Å². The third kappa shape index (κ3) is 2.58. The van der Waals surface area contributed by atoms with E-state index in [1.807, 2.05) is 0 Å². The molecule has 1 N–H and O–H groups in total. The molecule has 3 rings (SSSR count). The van der Waals surface area contributed by atoms with Crippen LogP contribution in [0, 0.1) is 0 Å². The molecule has 0 radical (unpaired) electrons. The molecule has 24 heavy (non-hydrogen) atoms.